The summed E-state index contributed by atoms with van der Waals surface area (Å²) in [5, 5.41) is 18.3. The number of hydrogen-bond donors (Lipinski definition) is 6. The lowest BCUT2D eigenvalue weighted by atomic mass is 9.85. The van der Waals surface area contributed by atoms with Crippen molar-refractivity contribution in [1.29, 1.82) is 0 Å². The topological polar surface area (TPSA) is 242 Å². The fraction of sp³-hybridized carbons (Fsp3) is 0.633. The van der Waals surface area contributed by atoms with Gasteiger partial charge in [0, 0.05) is 31.5 Å². The number of nitrogens with one attached hydrogen (secondary N) is 4. The molecule has 0 spiro atoms. The second-order valence-electron chi connectivity index (χ2n) is 10.8. The molecule has 7 N–H and O–H groups in total. The molecule has 17 nitrogen and oxygen atoms in total. The standard InChI is InChI=1S/C30H44N8O9/c1-2-10-44-12-14-46-16-17-47-15-13-45-11-9-32-24(39)8-7-23(29(42)43)36-27(40)20-3-5-21(6-4-20)33-18-22-19-34-26-25(35-22)28(41)38-30(31)37-26/h1,19-21,23,33H,3-18H2,(H,32,39)(H,36,40)(H,42,43)(H3,31,34,37,38,41)/t20?,21?,23-/m0/s1. The maximum absolute atomic E-state index is 12.8. The number of nitrogens with two attached hydrogens (primary N) is 1. The number of carbonyl (C=O) groups excluding carboxylic acids is 2. The number of anilines is 1. The van der Waals surface area contributed by atoms with Crippen LogP contribution in [0.1, 0.15) is 44.2 Å². The summed E-state index contributed by atoms with van der Waals surface area (Å²) < 4.78 is 21.2. The number of nitrogen functional groups attached to an aromatic ring is 1. The van der Waals surface area contributed by atoms with Crippen LogP contribution in [0.15, 0.2) is 11.0 Å². The molecule has 1 fully saturated rings. The van der Waals surface area contributed by atoms with Gasteiger partial charge in [0.1, 0.15) is 12.6 Å². The van der Waals surface area contributed by atoms with E-state index in [9.17, 15) is 24.3 Å². The Labute approximate surface area is 272 Å². The molecule has 2 aromatic heterocycles. The highest BCUT2D eigenvalue weighted by Gasteiger charge is 2.29. The van der Waals surface area contributed by atoms with E-state index in [4.69, 9.17) is 31.1 Å². The van der Waals surface area contributed by atoms with Crippen molar-refractivity contribution < 1.29 is 38.4 Å². The van der Waals surface area contributed by atoms with Crippen LogP contribution in [0.5, 0.6) is 0 Å². The molecule has 2 amide bonds. The largest absolute Gasteiger partial charge is 0.480 e. The number of nitrogens with zero attached hydrogens (tertiary/aromatic N) is 3. The summed E-state index contributed by atoms with van der Waals surface area (Å²) in [6.07, 6.45) is 9.06. The molecule has 0 aliphatic heterocycles. The van der Waals surface area contributed by atoms with Crippen LogP contribution in [-0.2, 0) is 39.9 Å². The number of aliphatic carboxylic acids is 1. The molecule has 0 radical (unpaired) electrons. The number of amides is 2. The molecule has 1 aliphatic rings. The summed E-state index contributed by atoms with van der Waals surface area (Å²) in [4.78, 5) is 63.7. The lowest BCUT2D eigenvalue weighted by molar-refractivity contribution is -0.143. The van der Waals surface area contributed by atoms with E-state index in [-0.39, 0.29) is 73.5 Å². The molecule has 3 rings (SSSR count). The third-order valence-corrected chi connectivity index (χ3v) is 7.30. The predicted octanol–water partition coefficient (Wildman–Crippen LogP) is -0.891. The Balaban J connectivity index is 1.24. The van der Waals surface area contributed by atoms with E-state index in [1.807, 2.05) is 0 Å². The van der Waals surface area contributed by atoms with Crippen molar-refractivity contribution in [2.75, 3.05) is 65.1 Å². The molecule has 0 aromatic carbocycles. The zero-order valence-corrected chi connectivity index (χ0v) is 26.3. The molecule has 0 unspecified atom stereocenters. The van der Waals surface area contributed by atoms with Crippen LogP contribution in [0.25, 0.3) is 11.2 Å². The summed E-state index contributed by atoms with van der Waals surface area (Å²) >= 11 is 0. The first-order valence-electron chi connectivity index (χ1n) is 15.6. The SMILES string of the molecule is C#CCOCCOCCOCCOCCNC(=O)CC[C@H](NC(=O)C1CCC(NCc2cnc3nc(N)[nH]c(=O)c3n2)CC1)C(=O)O. The Morgan fingerprint density at radius 3 is 2.34 bits per heavy atom. The van der Waals surface area contributed by atoms with E-state index in [0.717, 1.165) is 0 Å². The van der Waals surface area contributed by atoms with Crippen LogP contribution in [0.3, 0.4) is 0 Å². The number of fused-ring (bicyclic) bond motifs is 1. The van der Waals surface area contributed by atoms with Gasteiger partial charge in [-0.25, -0.2) is 14.8 Å². The van der Waals surface area contributed by atoms with Crippen molar-refractivity contribution in [3.8, 4) is 12.3 Å². The van der Waals surface area contributed by atoms with Crippen molar-refractivity contribution >= 4 is 34.9 Å². The molecule has 2 heterocycles. The predicted molar refractivity (Wildman–Crippen MR) is 169 cm³/mol. The van der Waals surface area contributed by atoms with Crippen molar-refractivity contribution in [2.45, 2.75) is 57.2 Å². The van der Waals surface area contributed by atoms with Gasteiger partial charge in [0.05, 0.1) is 58.1 Å². The molecule has 47 heavy (non-hydrogen) atoms. The van der Waals surface area contributed by atoms with Gasteiger partial charge in [0.2, 0.25) is 17.8 Å². The maximum atomic E-state index is 12.8. The van der Waals surface area contributed by atoms with Crippen LogP contribution in [0, 0.1) is 18.3 Å². The molecule has 1 aliphatic carbocycles. The van der Waals surface area contributed by atoms with Crippen molar-refractivity contribution in [1.82, 2.24) is 35.9 Å². The van der Waals surface area contributed by atoms with Gasteiger partial charge in [0.15, 0.2) is 11.2 Å². The maximum Gasteiger partial charge on any atom is 0.326 e. The third-order valence-electron chi connectivity index (χ3n) is 7.30. The number of ether oxygens (including phenoxy) is 4. The van der Waals surface area contributed by atoms with E-state index in [0.29, 0.717) is 77.6 Å². The highest BCUT2D eigenvalue weighted by molar-refractivity contribution is 5.85. The number of hydrogen-bond acceptors (Lipinski definition) is 13. The minimum atomic E-state index is -1.19. The summed E-state index contributed by atoms with van der Waals surface area (Å²) in [7, 11) is 0. The molecular formula is C30H44N8O9. The second-order valence-corrected chi connectivity index (χ2v) is 10.8. The summed E-state index contributed by atoms with van der Waals surface area (Å²) in [5.41, 5.74) is 5.92. The molecule has 1 saturated carbocycles. The zero-order valence-electron chi connectivity index (χ0n) is 26.3. The van der Waals surface area contributed by atoms with Gasteiger partial charge in [-0.2, -0.15) is 4.98 Å². The Bertz CT molecular complexity index is 1390. The average Bonchev–Trinajstić information content (AvgIpc) is 3.05. The van der Waals surface area contributed by atoms with Crippen molar-refractivity contribution in [3.05, 3.63) is 22.2 Å². The van der Waals surface area contributed by atoms with Crippen LogP contribution in [-0.4, -0.2) is 114 Å². The van der Waals surface area contributed by atoms with Gasteiger partial charge in [0.25, 0.3) is 5.56 Å². The summed E-state index contributed by atoms with van der Waals surface area (Å²) in [6, 6.07) is -1.05. The van der Waals surface area contributed by atoms with Gasteiger partial charge in [-0.05, 0) is 32.1 Å². The minimum absolute atomic E-state index is 0.0294. The molecule has 258 valence electrons. The van der Waals surface area contributed by atoms with E-state index in [1.165, 1.54) is 6.20 Å². The zero-order chi connectivity index (χ0) is 33.9. The first kappa shape index (κ1) is 37.2. The van der Waals surface area contributed by atoms with Crippen molar-refractivity contribution in [3.63, 3.8) is 0 Å². The van der Waals surface area contributed by atoms with Gasteiger partial charge in [-0.3, -0.25) is 19.4 Å². The van der Waals surface area contributed by atoms with E-state index < -0.39 is 17.6 Å². The van der Waals surface area contributed by atoms with Crippen LogP contribution in [0.2, 0.25) is 0 Å². The van der Waals surface area contributed by atoms with E-state index in [1.54, 1.807) is 0 Å². The smallest absolute Gasteiger partial charge is 0.326 e. The molecule has 17 heteroatoms. The van der Waals surface area contributed by atoms with E-state index in [2.05, 4.69) is 41.8 Å². The molecule has 0 bridgehead atoms. The second kappa shape index (κ2) is 20.8. The fourth-order valence-electron chi connectivity index (χ4n) is 4.83. The van der Waals surface area contributed by atoms with Gasteiger partial charge in [-0.1, -0.05) is 5.92 Å². The van der Waals surface area contributed by atoms with E-state index >= 15 is 0 Å². The van der Waals surface area contributed by atoms with Crippen LogP contribution in [0.4, 0.5) is 5.95 Å². The van der Waals surface area contributed by atoms with Crippen molar-refractivity contribution in [2.24, 2.45) is 5.92 Å². The first-order valence-corrected chi connectivity index (χ1v) is 15.6. The number of aromatic amines is 1. The third kappa shape index (κ3) is 14.0. The monoisotopic (exact) mass is 660 g/mol. The molecule has 0 saturated heterocycles. The fourth-order valence-corrected chi connectivity index (χ4v) is 4.83. The highest BCUT2D eigenvalue weighted by atomic mass is 16.6. The number of carboxylic acid groups (broad SMARTS) is 1. The minimum Gasteiger partial charge on any atom is -0.480 e. The normalized spacial score (nSPS) is 16.7. The Kier molecular flexibility index (Phi) is 16.5. The number of rotatable bonds is 22. The first-order chi connectivity index (χ1) is 22.8. The Morgan fingerprint density at radius 1 is 1.02 bits per heavy atom. The number of H-pyrrole nitrogens is 1. The van der Waals surface area contributed by atoms with Gasteiger partial charge < -0.3 is 45.7 Å². The summed E-state index contributed by atoms with van der Waals surface area (Å²) in [5.74, 6) is 0.153. The van der Waals surface area contributed by atoms with Gasteiger partial charge in [-0.15, -0.1) is 6.42 Å². The van der Waals surface area contributed by atoms with Crippen LogP contribution < -0.4 is 27.2 Å². The van der Waals surface area contributed by atoms with Crippen LogP contribution >= 0.6 is 0 Å². The number of terminal acetylenes is 1. The molecule has 1 atom stereocenters. The number of carboxylic acids is 1. The average molecular weight is 661 g/mol. The Hall–Kier alpha value is -4.21. The number of aromatic nitrogens is 4. The summed E-state index contributed by atoms with van der Waals surface area (Å²) in [6.45, 7) is 3.61. The number of carbonyl (C=O) groups is 3. The lowest BCUT2D eigenvalue weighted by Gasteiger charge is -2.29. The molecular weight excluding hydrogens is 616 g/mol. The quantitative estimate of drug-likeness (QED) is 0.0663. The van der Waals surface area contributed by atoms with Gasteiger partial charge >= 0.3 is 5.97 Å². The highest BCUT2D eigenvalue weighted by Crippen LogP contribution is 2.25. The lowest BCUT2D eigenvalue weighted by Crippen LogP contribution is -2.46. The Morgan fingerprint density at radius 2 is 1.68 bits per heavy atom. The molecule has 2 aromatic rings.